The van der Waals surface area contributed by atoms with Crippen molar-refractivity contribution in [1.82, 2.24) is 15.1 Å². The van der Waals surface area contributed by atoms with Gasteiger partial charge in [-0.05, 0) is 55.0 Å². The van der Waals surface area contributed by atoms with Gasteiger partial charge in [0.25, 0.3) is 0 Å². The number of carbonyl (C=O) groups excluding carboxylic acids is 1. The van der Waals surface area contributed by atoms with Crippen molar-refractivity contribution < 1.29 is 14.6 Å². The Morgan fingerprint density at radius 3 is 3.00 bits per heavy atom. The summed E-state index contributed by atoms with van der Waals surface area (Å²) in [5, 5.41) is 17.2. The Labute approximate surface area is 153 Å². The van der Waals surface area contributed by atoms with Gasteiger partial charge in [0.05, 0.1) is 24.4 Å². The molecule has 2 aromatic rings. The lowest BCUT2D eigenvalue weighted by atomic mass is 9.75. The van der Waals surface area contributed by atoms with Gasteiger partial charge in [-0.1, -0.05) is 6.07 Å². The van der Waals surface area contributed by atoms with Crippen molar-refractivity contribution >= 4 is 5.91 Å². The Balaban J connectivity index is 1.44. The van der Waals surface area contributed by atoms with Crippen LogP contribution in [0.4, 0.5) is 0 Å². The van der Waals surface area contributed by atoms with E-state index in [4.69, 9.17) is 4.74 Å². The molecule has 1 aromatic heterocycles. The number of aliphatic hydroxyl groups is 1. The van der Waals surface area contributed by atoms with Crippen LogP contribution in [0.25, 0.3) is 0 Å². The summed E-state index contributed by atoms with van der Waals surface area (Å²) in [5.41, 5.74) is 3.26. The Bertz CT molecular complexity index is 795. The number of nitrogens with one attached hydrogen (secondary N) is 1. The van der Waals surface area contributed by atoms with Gasteiger partial charge >= 0.3 is 0 Å². The molecule has 0 radical (unpaired) electrons. The number of hydrogen-bond donors (Lipinski definition) is 2. The molecule has 6 nitrogen and oxygen atoms in total. The van der Waals surface area contributed by atoms with Gasteiger partial charge in [0.2, 0.25) is 5.91 Å². The Morgan fingerprint density at radius 2 is 2.27 bits per heavy atom. The number of hydrogen-bond acceptors (Lipinski definition) is 4. The van der Waals surface area contributed by atoms with Gasteiger partial charge in [0.1, 0.15) is 5.75 Å². The fraction of sp³-hybridized carbons (Fsp3) is 0.500. The average Bonchev–Trinajstić information content (AvgIpc) is 3.23. The minimum absolute atomic E-state index is 0.0151. The highest BCUT2D eigenvalue weighted by Gasteiger charge is 2.36. The molecule has 2 heterocycles. The van der Waals surface area contributed by atoms with Crippen LogP contribution in [0, 0.1) is 12.8 Å². The van der Waals surface area contributed by atoms with Crippen LogP contribution < -0.4 is 10.1 Å². The van der Waals surface area contributed by atoms with E-state index in [-0.39, 0.29) is 24.0 Å². The maximum atomic E-state index is 12.5. The molecular weight excluding hydrogens is 330 g/mol. The summed E-state index contributed by atoms with van der Waals surface area (Å²) in [7, 11) is 0. The predicted molar refractivity (Wildman–Crippen MR) is 96.8 cm³/mol. The molecule has 138 valence electrons. The van der Waals surface area contributed by atoms with Crippen molar-refractivity contribution in [3.8, 4) is 5.75 Å². The van der Waals surface area contributed by atoms with Gasteiger partial charge in [-0.15, -0.1) is 0 Å². The van der Waals surface area contributed by atoms with Crippen molar-refractivity contribution in [1.29, 1.82) is 0 Å². The Hall–Kier alpha value is -2.34. The van der Waals surface area contributed by atoms with Crippen LogP contribution in [0.1, 0.15) is 42.1 Å². The number of ether oxygens (including phenoxy) is 1. The van der Waals surface area contributed by atoms with E-state index in [2.05, 4.69) is 16.5 Å². The zero-order chi connectivity index (χ0) is 18.1. The maximum Gasteiger partial charge on any atom is 0.222 e. The first-order valence-electron chi connectivity index (χ1n) is 9.31. The molecule has 2 aliphatic rings. The first-order valence-corrected chi connectivity index (χ1v) is 9.31. The lowest BCUT2D eigenvalue weighted by Gasteiger charge is -2.38. The van der Waals surface area contributed by atoms with Gasteiger partial charge in [-0.3, -0.25) is 9.48 Å². The molecule has 1 aliphatic heterocycles. The minimum Gasteiger partial charge on any atom is -0.493 e. The van der Waals surface area contributed by atoms with Crippen molar-refractivity contribution in [3.05, 3.63) is 47.3 Å². The lowest BCUT2D eigenvalue weighted by molar-refractivity contribution is -0.123. The van der Waals surface area contributed by atoms with Crippen molar-refractivity contribution in [3.63, 3.8) is 0 Å². The molecule has 1 saturated carbocycles. The molecule has 1 aliphatic carbocycles. The van der Waals surface area contributed by atoms with Crippen LogP contribution >= 0.6 is 0 Å². The first-order chi connectivity index (χ1) is 12.6. The lowest BCUT2D eigenvalue weighted by Crippen LogP contribution is -2.41. The second-order valence-corrected chi connectivity index (χ2v) is 7.37. The molecule has 1 fully saturated rings. The van der Waals surface area contributed by atoms with Crippen molar-refractivity contribution in [2.45, 2.75) is 51.3 Å². The van der Waals surface area contributed by atoms with E-state index in [0.29, 0.717) is 13.0 Å². The summed E-state index contributed by atoms with van der Waals surface area (Å²) >= 11 is 0. The number of fused-ring (bicyclic) bond motifs is 1. The van der Waals surface area contributed by atoms with Crippen LogP contribution in [0.15, 0.2) is 30.5 Å². The smallest absolute Gasteiger partial charge is 0.222 e. The molecule has 6 heteroatoms. The van der Waals surface area contributed by atoms with Crippen LogP contribution in [0.3, 0.4) is 0 Å². The molecule has 2 N–H and O–H groups in total. The van der Waals surface area contributed by atoms with Crippen LogP contribution in [-0.4, -0.2) is 33.5 Å². The largest absolute Gasteiger partial charge is 0.493 e. The summed E-state index contributed by atoms with van der Waals surface area (Å²) in [6, 6.07) is 8.06. The molecule has 0 unspecified atom stereocenters. The van der Waals surface area contributed by atoms with Gasteiger partial charge in [0.15, 0.2) is 0 Å². The third kappa shape index (κ3) is 3.60. The fourth-order valence-corrected chi connectivity index (χ4v) is 3.82. The SMILES string of the molecule is Cc1ccn(CCC(=O)N[C@@H](c2ccc3c(c2)CCO3)C2CC(O)C2)n1. The number of aryl methyl sites for hydroxylation is 2. The molecule has 1 amide bonds. The van der Waals surface area contributed by atoms with Crippen LogP contribution in [-0.2, 0) is 17.8 Å². The quantitative estimate of drug-likeness (QED) is 0.832. The molecular formula is C20H25N3O3. The highest BCUT2D eigenvalue weighted by atomic mass is 16.5. The normalized spacial score (nSPS) is 22.2. The van der Waals surface area contributed by atoms with Crippen LogP contribution in [0.5, 0.6) is 5.75 Å². The van der Waals surface area contributed by atoms with Crippen molar-refractivity contribution in [2.24, 2.45) is 5.92 Å². The molecule has 0 spiro atoms. The second-order valence-electron chi connectivity index (χ2n) is 7.37. The topological polar surface area (TPSA) is 76.4 Å². The molecule has 1 atom stereocenters. The summed E-state index contributed by atoms with van der Waals surface area (Å²) in [6.45, 7) is 3.23. The second kappa shape index (κ2) is 7.11. The standard InChI is InChI=1S/C20H25N3O3/c1-13-4-7-23(22-13)8-5-19(25)21-20(16-11-17(24)12-16)15-2-3-18-14(10-15)6-9-26-18/h2-4,7,10,16-17,20,24H,5-6,8-9,11-12H2,1H3,(H,21,25)/t16?,17?,20-/m0/s1. The third-order valence-electron chi connectivity index (χ3n) is 5.35. The molecule has 0 saturated heterocycles. The van der Waals surface area contributed by atoms with E-state index in [1.807, 2.05) is 31.3 Å². The summed E-state index contributed by atoms with van der Waals surface area (Å²) in [4.78, 5) is 12.5. The van der Waals surface area contributed by atoms with Gasteiger partial charge in [-0.25, -0.2) is 0 Å². The predicted octanol–water partition coefficient (Wildman–Crippen LogP) is 2.14. The number of rotatable bonds is 6. The molecule has 4 rings (SSSR count). The summed E-state index contributed by atoms with van der Waals surface area (Å²) in [5.74, 6) is 1.24. The molecule has 26 heavy (non-hydrogen) atoms. The molecule has 1 aromatic carbocycles. The zero-order valence-electron chi connectivity index (χ0n) is 15.0. The van der Waals surface area contributed by atoms with E-state index in [9.17, 15) is 9.90 Å². The monoisotopic (exact) mass is 355 g/mol. The van der Waals surface area contributed by atoms with E-state index in [0.717, 1.165) is 42.9 Å². The number of carbonyl (C=O) groups is 1. The Kier molecular flexibility index (Phi) is 4.68. The Morgan fingerprint density at radius 1 is 1.42 bits per heavy atom. The highest BCUT2D eigenvalue weighted by molar-refractivity contribution is 5.76. The summed E-state index contributed by atoms with van der Waals surface area (Å²) < 4.78 is 7.38. The zero-order valence-corrected chi connectivity index (χ0v) is 15.0. The number of aliphatic hydroxyl groups excluding tert-OH is 1. The van der Waals surface area contributed by atoms with Gasteiger partial charge < -0.3 is 15.2 Å². The number of amides is 1. The summed E-state index contributed by atoms with van der Waals surface area (Å²) in [6.07, 6.45) is 4.41. The number of benzene rings is 1. The van der Waals surface area contributed by atoms with Gasteiger partial charge in [0, 0.05) is 25.6 Å². The number of aromatic nitrogens is 2. The van der Waals surface area contributed by atoms with Crippen LogP contribution in [0.2, 0.25) is 0 Å². The third-order valence-corrected chi connectivity index (χ3v) is 5.35. The average molecular weight is 355 g/mol. The van der Waals surface area contributed by atoms with Crippen molar-refractivity contribution in [2.75, 3.05) is 6.61 Å². The first kappa shape index (κ1) is 17.1. The number of nitrogens with zero attached hydrogens (tertiary/aromatic N) is 2. The van der Waals surface area contributed by atoms with E-state index in [1.54, 1.807) is 4.68 Å². The minimum atomic E-state index is -0.246. The maximum absolute atomic E-state index is 12.5. The molecule has 0 bridgehead atoms. The highest BCUT2D eigenvalue weighted by Crippen LogP contribution is 2.39. The van der Waals surface area contributed by atoms with E-state index >= 15 is 0 Å². The van der Waals surface area contributed by atoms with Gasteiger partial charge in [-0.2, -0.15) is 5.10 Å². The fourth-order valence-electron chi connectivity index (χ4n) is 3.82. The van der Waals surface area contributed by atoms with E-state index < -0.39 is 0 Å². The van der Waals surface area contributed by atoms with E-state index in [1.165, 1.54) is 5.56 Å².